The number of carbonyl (C=O) groups is 1. The number of nitrogens with zero attached hydrogens (tertiary/aromatic N) is 6. The zero-order valence-electron chi connectivity index (χ0n) is 17.6. The molecule has 0 bridgehead atoms. The lowest BCUT2D eigenvalue weighted by Crippen LogP contribution is -2.17. The van der Waals surface area contributed by atoms with Gasteiger partial charge in [0.2, 0.25) is 0 Å². The van der Waals surface area contributed by atoms with E-state index in [1.54, 1.807) is 52.5 Å². The van der Waals surface area contributed by atoms with Gasteiger partial charge in [-0.05, 0) is 44.2 Å². The second-order valence-electron chi connectivity index (χ2n) is 7.62. The number of furan rings is 1. The van der Waals surface area contributed by atoms with Gasteiger partial charge in [-0.1, -0.05) is 0 Å². The Kier molecular flexibility index (Phi) is 4.98. The summed E-state index contributed by atoms with van der Waals surface area (Å²) in [5.74, 6) is 1.11. The number of hydrogen-bond donors (Lipinski definition) is 1. The first-order chi connectivity index (χ1) is 15.6. The van der Waals surface area contributed by atoms with E-state index in [1.807, 2.05) is 38.1 Å². The molecular formula is C23H21N7O2. The van der Waals surface area contributed by atoms with Crippen molar-refractivity contribution in [2.75, 3.05) is 5.32 Å². The van der Waals surface area contributed by atoms with Crippen molar-refractivity contribution in [3.63, 3.8) is 0 Å². The van der Waals surface area contributed by atoms with Crippen LogP contribution in [0.25, 0.3) is 22.3 Å². The van der Waals surface area contributed by atoms with Crippen molar-refractivity contribution in [2.45, 2.75) is 26.4 Å². The maximum atomic E-state index is 13.4. The van der Waals surface area contributed by atoms with Crippen molar-refractivity contribution >= 4 is 22.8 Å². The molecule has 0 spiro atoms. The number of anilines is 1. The Hall–Kier alpha value is -4.27. The monoisotopic (exact) mass is 427 g/mol. The molecule has 0 saturated carbocycles. The Balaban J connectivity index is 1.61. The number of carbonyl (C=O) groups excluding carboxylic acids is 1. The molecule has 0 atom stereocenters. The number of aromatic nitrogens is 6. The zero-order chi connectivity index (χ0) is 22.1. The topological polar surface area (TPSA) is 104 Å². The van der Waals surface area contributed by atoms with Gasteiger partial charge in [-0.2, -0.15) is 10.2 Å². The van der Waals surface area contributed by atoms with Gasteiger partial charge in [0.15, 0.2) is 5.65 Å². The van der Waals surface area contributed by atoms with Gasteiger partial charge in [-0.3, -0.25) is 9.78 Å². The Bertz CT molecular complexity index is 1370. The smallest absolute Gasteiger partial charge is 0.257 e. The molecule has 0 fully saturated rings. The van der Waals surface area contributed by atoms with Gasteiger partial charge in [0.25, 0.3) is 5.91 Å². The Labute approximate surface area is 183 Å². The molecule has 0 aliphatic carbocycles. The first-order valence-electron chi connectivity index (χ1n) is 10.2. The summed E-state index contributed by atoms with van der Waals surface area (Å²) in [5, 5.41) is 12.4. The van der Waals surface area contributed by atoms with E-state index in [0.29, 0.717) is 34.7 Å². The van der Waals surface area contributed by atoms with Crippen molar-refractivity contribution < 1.29 is 9.21 Å². The first-order valence-corrected chi connectivity index (χ1v) is 10.2. The normalized spacial score (nSPS) is 11.3. The van der Waals surface area contributed by atoms with E-state index in [1.165, 1.54) is 0 Å². The van der Waals surface area contributed by atoms with Crippen LogP contribution in [0.1, 0.15) is 36.0 Å². The highest BCUT2D eigenvalue weighted by molar-refractivity contribution is 6.12. The van der Waals surface area contributed by atoms with Crippen LogP contribution in [0.4, 0.5) is 5.82 Å². The largest absolute Gasteiger partial charge is 0.467 e. The van der Waals surface area contributed by atoms with E-state index in [9.17, 15) is 4.79 Å². The van der Waals surface area contributed by atoms with Gasteiger partial charge in [-0.25, -0.2) is 14.3 Å². The highest BCUT2D eigenvalue weighted by Crippen LogP contribution is 2.26. The number of nitrogens with one attached hydrogen (secondary N) is 1. The van der Waals surface area contributed by atoms with Crippen LogP contribution >= 0.6 is 0 Å². The van der Waals surface area contributed by atoms with E-state index in [0.717, 1.165) is 11.3 Å². The molecule has 0 aliphatic heterocycles. The fourth-order valence-electron chi connectivity index (χ4n) is 3.57. The SMILES string of the molecule is CC(C)n1nccc1NC(=O)c1cc(-c2cccnc2)nc2c1cnn2Cc1ccco1. The van der Waals surface area contributed by atoms with Crippen LogP contribution in [0, 0.1) is 0 Å². The summed E-state index contributed by atoms with van der Waals surface area (Å²) < 4.78 is 8.95. The Morgan fingerprint density at radius 3 is 2.78 bits per heavy atom. The van der Waals surface area contributed by atoms with Crippen LogP contribution in [0.3, 0.4) is 0 Å². The minimum atomic E-state index is -0.262. The third-order valence-electron chi connectivity index (χ3n) is 5.10. The molecule has 5 aromatic rings. The van der Waals surface area contributed by atoms with Crippen molar-refractivity contribution in [3.05, 3.63) is 78.8 Å². The molecule has 0 saturated heterocycles. The summed E-state index contributed by atoms with van der Waals surface area (Å²) in [6.45, 7) is 4.42. The number of pyridine rings is 2. The molecule has 5 heterocycles. The predicted octanol–water partition coefficient (Wildman–Crippen LogP) is 4.16. The predicted molar refractivity (Wildman–Crippen MR) is 119 cm³/mol. The van der Waals surface area contributed by atoms with E-state index in [2.05, 4.69) is 20.5 Å². The molecule has 32 heavy (non-hydrogen) atoms. The maximum Gasteiger partial charge on any atom is 0.257 e. The summed E-state index contributed by atoms with van der Waals surface area (Å²) in [6.07, 6.45) is 8.36. The number of amides is 1. The van der Waals surface area contributed by atoms with Crippen molar-refractivity contribution in [1.29, 1.82) is 0 Å². The third kappa shape index (κ3) is 3.64. The van der Waals surface area contributed by atoms with Crippen LogP contribution in [-0.4, -0.2) is 35.4 Å². The number of fused-ring (bicyclic) bond motifs is 1. The van der Waals surface area contributed by atoms with Gasteiger partial charge in [0.05, 0.1) is 35.3 Å². The highest BCUT2D eigenvalue weighted by Gasteiger charge is 2.19. The highest BCUT2D eigenvalue weighted by atomic mass is 16.3. The lowest BCUT2D eigenvalue weighted by Gasteiger charge is -2.13. The number of rotatable bonds is 6. The molecule has 1 amide bonds. The fraction of sp³-hybridized carbons (Fsp3) is 0.174. The average Bonchev–Trinajstić information content (AvgIpc) is 3.56. The van der Waals surface area contributed by atoms with Crippen LogP contribution in [-0.2, 0) is 6.54 Å². The lowest BCUT2D eigenvalue weighted by molar-refractivity contribution is 0.102. The summed E-state index contributed by atoms with van der Waals surface area (Å²) in [7, 11) is 0. The molecule has 0 radical (unpaired) electrons. The minimum Gasteiger partial charge on any atom is -0.467 e. The first kappa shape index (κ1) is 19.7. The molecular weight excluding hydrogens is 406 g/mol. The van der Waals surface area contributed by atoms with Gasteiger partial charge in [-0.15, -0.1) is 0 Å². The Morgan fingerprint density at radius 2 is 2.03 bits per heavy atom. The second-order valence-corrected chi connectivity index (χ2v) is 7.62. The van der Waals surface area contributed by atoms with E-state index in [-0.39, 0.29) is 11.9 Å². The third-order valence-corrected chi connectivity index (χ3v) is 5.10. The van der Waals surface area contributed by atoms with Gasteiger partial charge in [0.1, 0.15) is 18.1 Å². The van der Waals surface area contributed by atoms with E-state index < -0.39 is 0 Å². The van der Waals surface area contributed by atoms with Gasteiger partial charge >= 0.3 is 0 Å². The van der Waals surface area contributed by atoms with Crippen molar-refractivity contribution in [3.8, 4) is 11.3 Å². The minimum absolute atomic E-state index is 0.111. The molecule has 1 N–H and O–H groups in total. The molecule has 0 aliphatic rings. The fourth-order valence-corrected chi connectivity index (χ4v) is 3.57. The quantitative estimate of drug-likeness (QED) is 0.436. The molecule has 9 heteroatoms. The maximum absolute atomic E-state index is 13.4. The van der Waals surface area contributed by atoms with E-state index >= 15 is 0 Å². The average molecular weight is 427 g/mol. The number of hydrogen-bond acceptors (Lipinski definition) is 6. The van der Waals surface area contributed by atoms with Crippen LogP contribution in [0.2, 0.25) is 0 Å². The second kappa shape index (κ2) is 8.10. The molecule has 0 aromatic carbocycles. The van der Waals surface area contributed by atoms with Crippen molar-refractivity contribution in [2.24, 2.45) is 0 Å². The van der Waals surface area contributed by atoms with Crippen LogP contribution in [0.5, 0.6) is 0 Å². The zero-order valence-corrected chi connectivity index (χ0v) is 17.6. The van der Waals surface area contributed by atoms with Crippen LogP contribution < -0.4 is 5.32 Å². The standard InChI is InChI=1S/C23H21N7O2/c1-15(2)30-21(7-9-25-30)28-23(31)18-11-20(16-5-3-8-24-12-16)27-22-19(18)13-26-29(22)14-17-6-4-10-32-17/h3-13,15H,14H2,1-2H3,(H,28,31). The van der Waals surface area contributed by atoms with Gasteiger partial charge < -0.3 is 9.73 Å². The summed E-state index contributed by atoms with van der Waals surface area (Å²) in [4.78, 5) is 22.3. The van der Waals surface area contributed by atoms with Crippen LogP contribution in [0.15, 0.2) is 71.9 Å². The lowest BCUT2D eigenvalue weighted by atomic mass is 10.1. The van der Waals surface area contributed by atoms with Crippen molar-refractivity contribution in [1.82, 2.24) is 29.5 Å². The van der Waals surface area contributed by atoms with Gasteiger partial charge in [0, 0.05) is 30.1 Å². The molecule has 5 rings (SSSR count). The molecule has 9 nitrogen and oxygen atoms in total. The Morgan fingerprint density at radius 1 is 1.12 bits per heavy atom. The summed E-state index contributed by atoms with van der Waals surface area (Å²) >= 11 is 0. The summed E-state index contributed by atoms with van der Waals surface area (Å²) in [5.41, 5.74) is 2.50. The summed E-state index contributed by atoms with van der Waals surface area (Å²) in [6, 6.07) is 11.1. The molecule has 0 unspecified atom stereocenters. The molecule has 5 aromatic heterocycles. The molecule has 160 valence electrons. The van der Waals surface area contributed by atoms with E-state index in [4.69, 9.17) is 9.40 Å².